The maximum atomic E-state index is 13.1. The highest BCUT2D eigenvalue weighted by atomic mass is 32.2. The fourth-order valence-electron chi connectivity index (χ4n) is 3.03. The molecule has 7 nitrogen and oxygen atoms in total. The van der Waals surface area contributed by atoms with Crippen molar-refractivity contribution in [3.8, 4) is 0 Å². The van der Waals surface area contributed by atoms with Crippen LogP contribution in [0, 0.1) is 0 Å². The van der Waals surface area contributed by atoms with Crippen molar-refractivity contribution in [3.63, 3.8) is 0 Å². The molecule has 8 heteroatoms. The minimum atomic E-state index is -3.87. The molecule has 2 aromatic rings. The van der Waals surface area contributed by atoms with Gasteiger partial charge in [0, 0.05) is 12.6 Å². The molecular weight excluding hydrogens is 404 g/mol. The lowest BCUT2D eigenvalue weighted by Gasteiger charge is -2.23. The molecule has 30 heavy (non-hydrogen) atoms. The lowest BCUT2D eigenvalue weighted by molar-refractivity contribution is -0.124. The van der Waals surface area contributed by atoms with E-state index in [4.69, 9.17) is 4.74 Å². The zero-order chi connectivity index (χ0) is 22.1. The number of sulfonamides is 1. The van der Waals surface area contributed by atoms with Gasteiger partial charge in [-0.2, -0.15) is 0 Å². The van der Waals surface area contributed by atoms with Crippen molar-refractivity contribution in [3.05, 3.63) is 60.2 Å². The minimum Gasteiger partial charge on any atom is -0.452 e. The lowest BCUT2D eigenvalue weighted by atomic mass is 10.2. The summed E-state index contributed by atoms with van der Waals surface area (Å²) in [6, 6.07) is 14.4. The third kappa shape index (κ3) is 6.06. The maximum absolute atomic E-state index is 13.1. The predicted octanol–water partition coefficient (Wildman–Crippen LogP) is 3.36. The van der Waals surface area contributed by atoms with E-state index in [1.165, 1.54) is 28.6 Å². The van der Waals surface area contributed by atoms with Gasteiger partial charge in [0.2, 0.25) is 0 Å². The van der Waals surface area contributed by atoms with Gasteiger partial charge in [-0.3, -0.25) is 9.10 Å². The Morgan fingerprint density at radius 2 is 1.77 bits per heavy atom. The Labute approximate surface area is 178 Å². The third-order valence-corrected chi connectivity index (χ3v) is 6.35. The zero-order valence-electron chi connectivity index (χ0n) is 17.5. The number of esters is 1. The number of carbonyl (C=O) groups is 2. The van der Waals surface area contributed by atoms with Crippen molar-refractivity contribution in [1.82, 2.24) is 5.32 Å². The van der Waals surface area contributed by atoms with Crippen LogP contribution in [0.2, 0.25) is 0 Å². The molecule has 0 spiro atoms. The molecule has 0 bridgehead atoms. The Morgan fingerprint density at radius 3 is 2.40 bits per heavy atom. The normalized spacial score (nSPS) is 12.1. The lowest BCUT2D eigenvalue weighted by Crippen LogP contribution is -2.35. The number of ether oxygens (including phenoxy) is 1. The van der Waals surface area contributed by atoms with Crippen LogP contribution in [0.3, 0.4) is 0 Å². The molecular formula is C22H28N2O5S. The van der Waals surface area contributed by atoms with E-state index in [0.29, 0.717) is 5.69 Å². The number of nitrogens with zero attached hydrogens (tertiary/aromatic N) is 1. The van der Waals surface area contributed by atoms with E-state index < -0.39 is 28.5 Å². The number of para-hydroxylation sites is 1. The van der Waals surface area contributed by atoms with Crippen LogP contribution in [0.1, 0.15) is 44.0 Å². The first kappa shape index (κ1) is 23.4. The molecule has 1 atom stereocenters. The minimum absolute atomic E-state index is 0.00677. The Hall–Kier alpha value is -2.87. The van der Waals surface area contributed by atoms with E-state index >= 15 is 0 Å². The molecule has 0 aliphatic heterocycles. The summed E-state index contributed by atoms with van der Waals surface area (Å²) in [6.07, 6.45) is 1.76. The Kier molecular flexibility index (Phi) is 8.41. The number of carbonyl (C=O) groups excluding carboxylic acids is 2. The first-order chi connectivity index (χ1) is 14.3. The maximum Gasteiger partial charge on any atom is 0.338 e. The van der Waals surface area contributed by atoms with E-state index in [-0.39, 0.29) is 23.0 Å². The molecule has 0 aliphatic carbocycles. The van der Waals surface area contributed by atoms with Crippen LogP contribution < -0.4 is 9.62 Å². The monoisotopic (exact) mass is 432 g/mol. The molecule has 2 aromatic carbocycles. The molecule has 0 radical (unpaired) electrons. The Morgan fingerprint density at radius 1 is 1.07 bits per heavy atom. The summed E-state index contributed by atoms with van der Waals surface area (Å²) in [5.74, 6) is -1.15. The highest BCUT2D eigenvalue weighted by molar-refractivity contribution is 7.92. The predicted molar refractivity (Wildman–Crippen MR) is 116 cm³/mol. The van der Waals surface area contributed by atoms with Gasteiger partial charge in [-0.1, -0.05) is 37.6 Å². The van der Waals surface area contributed by atoms with Crippen LogP contribution in [-0.2, 0) is 19.6 Å². The summed E-state index contributed by atoms with van der Waals surface area (Å²) >= 11 is 0. The van der Waals surface area contributed by atoms with Gasteiger partial charge in [0.1, 0.15) is 0 Å². The zero-order valence-corrected chi connectivity index (χ0v) is 18.3. The number of hydrogen-bond acceptors (Lipinski definition) is 5. The highest BCUT2D eigenvalue weighted by Crippen LogP contribution is 2.24. The molecule has 0 aromatic heterocycles. The third-order valence-electron chi connectivity index (χ3n) is 4.45. The van der Waals surface area contributed by atoms with E-state index in [1.807, 2.05) is 13.8 Å². The van der Waals surface area contributed by atoms with Crippen molar-refractivity contribution in [1.29, 1.82) is 0 Å². The quantitative estimate of drug-likeness (QED) is 0.581. The van der Waals surface area contributed by atoms with Gasteiger partial charge in [-0.25, -0.2) is 13.2 Å². The summed E-state index contributed by atoms with van der Waals surface area (Å²) < 4.78 is 32.5. The van der Waals surface area contributed by atoms with Gasteiger partial charge in [0.25, 0.3) is 15.9 Å². The van der Waals surface area contributed by atoms with Crippen molar-refractivity contribution in [2.45, 2.75) is 44.6 Å². The molecule has 1 unspecified atom stereocenters. The van der Waals surface area contributed by atoms with Gasteiger partial charge >= 0.3 is 5.97 Å². The van der Waals surface area contributed by atoms with Crippen molar-refractivity contribution in [2.75, 3.05) is 17.5 Å². The second-order valence-electron chi connectivity index (χ2n) is 6.87. The largest absolute Gasteiger partial charge is 0.452 e. The van der Waals surface area contributed by atoms with Crippen molar-refractivity contribution < 1.29 is 22.7 Å². The molecule has 162 valence electrons. The van der Waals surface area contributed by atoms with Gasteiger partial charge in [0.05, 0.1) is 16.1 Å². The van der Waals surface area contributed by atoms with Crippen LogP contribution in [0.5, 0.6) is 0 Å². The number of anilines is 1. The second-order valence-corrected chi connectivity index (χ2v) is 8.73. The molecule has 2 rings (SSSR count). The van der Waals surface area contributed by atoms with Crippen molar-refractivity contribution >= 4 is 27.6 Å². The Balaban J connectivity index is 2.13. The standard InChI is InChI=1S/C22H28N2O5S/c1-4-10-17(3)23-21(25)16-29-22(26)18-11-9-14-20(15-18)30(27,28)24(5-2)19-12-7-6-8-13-19/h6-9,11-15,17H,4-5,10,16H2,1-3H3,(H,23,25). The van der Waals surface area contributed by atoms with Gasteiger partial charge in [-0.15, -0.1) is 0 Å². The topological polar surface area (TPSA) is 92.8 Å². The number of amides is 1. The molecule has 0 aliphatic rings. The molecule has 0 saturated heterocycles. The van der Waals surface area contributed by atoms with Gasteiger partial charge < -0.3 is 10.1 Å². The fraction of sp³-hybridized carbons (Fsp3) is 0.364. The molecule has 0 fully saturated rings. The van der Waals surface area contributed by atoms with Crippen LogP contribution >= 0.6 is 0 Å². The van der Waals surface area contributed by atoms with Gasteiger partial charge in [0.15, 0.2) is 6.61 Å². The average molecular weight is 433 g/mol. The smallest absolute Gasteiger partial charge is 0.338 e. The SMILES string of the molecule is CCCC(C)NC(=O)COC(=O)c1cccc(S(=O)(=O)N(CC)c2ccccc2)c1. The number of nitrogens with one attached hydrogen (secondary N) is 1. The first-order valence-electron chi connectivity index (χ1n) is 9.94. The molecule has 1 amide bonds. The van der Waals surface area contributed by atoms with Crippen LogP contribution in [0.25, 0.3) is 0 Å². The molecule has 0 heterocycles. The van der Waals surface area contributed by atoms with Gasteiger partial charge in [-0.05, 0) is 50.6 Å². The summed E-state index contributed by atoms with van der Waals surface area (Å²) in [5, 5.41) is 2.75. The first-order valence-corrected chi connectivity index (χ1v) is 11.4. The van der Waals surface area contributed by atoms with E-state index in [2.05, 4.69) is 5.32 Å². The summed E-state index contributed by atoms with van der Waals surface area (Å²) in [4.78, 5) is 24.2. The van der Waals surface area contributed by atoms with E-state index in [1.54, 1.807) is 37.3 Å². The number of rotatable bonds is 10. The summed E-state index contributed by atoms with van der Waals surface area (Å²) in [5.41, 5.74) is 0.598. The average Bonchev–Trinajstić information content (AvgIpc) is 2.73. The molecule has 1 N–H and O–H groups in total. The van der Waals surface area contributed by atoms with E-state index in [0.717, 1.165) is 12.8 Å². The number of benzene rings is 2. The number of hydrogen-bond donors (Lipinski definition) is 1. The van der Waals surface area contributed by atoms with Crippen LogP contribution in [0.15, 0.2) is 59.5 Å². The summed E-state index contributed by atoms with van der Waals surface area (Å²) in [6.45, 7) is 5.44. The van der Waals surface area contributed by atoms with Crippen LogP contribution in [-0.4, -0.2) is 39.5 Å². The summed E-state index contributed by atoms with van der Waals surface area (Å²) in [7, 11) is -3.87. The van der Waals surface area contributed by atoms with Crippen molar-refractivity contribution in [2.24, 2.45) is 0 Å². The van der Waals surface area contributed by atoms with Crippen LogP contribution in [0.4, 0.5) is 5.69 Å². The van der Waals surface area contributed by atoms with E-state index in [9.17, 15) is 18.0 Å². The second kappa shape index (κ2) is 10.8. The highest BCUT2D eigenvalue weighted by Gasteiger charge is 2.24. The Bertz CT molecular complexity index is 961. The molecule has 0 saturated carbocycles. The fourth-order valence-corrected chi connectivity index (χ4v) is 4.55.